The first kappa shape index (κ1) is 16.5. The number of nitrogens with one attached hydrogen (secondary N) is 1. The Labute approximate surface area is 120 Å². The quantitative estimate of drug-likeness (QED) is 0.725. The maximum absolute atomic E-state index is 11.9. The zero-order valence-corrected chi connectivity index (χ0v) is 12.9. The van der Waals surface area contributed by atoms with Crippen molar-refractivity contribution in [2.24, 2.45) is 5.92 Å². The molecule has 1 aromatic carbocycles. The second-order valence-electron chi connectivity index (χ2n) is 5.94. The van der Waals surface area contributed by atoms with E-state index in [1.807, 2.05) is 34.6 Å². The summed E-state index contributed by atoms with van der Waals surface area (Å²) in [6.07, 6.45) is -0.563. The molecule has 1 atom stereocenters. The van der Waals surface area contributed by atoms with Crippen molar-refractivity contribution in [1.29, 1.82) is 0 Å². The number of phenolic OH excluding ortho intramolecular Hbond substituents is 1. The second kappa shape index (κ2) is 6.75. The van der Waals surface area contributed by atoms with Gasteiger partial charge in [0.15, 0.2) is 0 Å². The predicted molar refractivity (Wildman–Crippen MR) is 81.0 cm³/mol. The molecular weight excluding hydrogens is 254 g/mol. The van der Waals surface area contributed by atoms with E-state index in [0.29, 0.717) is 5.69 Å². The molecule has 0 spiro atoms. The van der Waals surface area contributed by atoms with Crippen LogP contribution in [0, 0.1) is 12.8 Å². The van der Waals surface area contributed by atoms with Crippen LogP contribution in [0.15, 0.2) is 12.1 Å². The van der Waals surface area contributed by atoms with Gasteiger partial charge in [-0.05, 0) is 42.0 Å². The number of aromatic hydroxyl groups is 1. The number of benzene rings is 1. The molecule has 112 valence electrons. The maximum atomic E-state index is 11.9. The molecule has 1 amide bonds. The number of phenols is 1. The summed E-state index contributed by atoms with van der Waals surface area (Å²) in [4.78, 5) is 11.9. The third-order valence-corrected chi connectivity index (χ3v) is 3.43. The van der Waals surface area contributed by atoms with Crippen molar-refractivity contribution >= 4 is 11.6 Å². The lowest BCUT2D eigenvalue weighted by Crippen LogP contribution is -2.24. The van der Waals surface area contributed by atoms with Gasteiger partial charge in [0.1, 0.15) is 5.75 Å². The van der Waals surface area contributed by atoms with Crippen LogP contribution in [0.25, 0.3) is 0 Å². The molecule has 0 saturated carbocycles. The lowest BCUT2D eigenvalue weighted by atomic mass is 9.99. The Morgan fingerprint density at radius 3 is 2.35 bits per heavy atom. The number of aryl methyl sites for hydroxylation is 1. The molecule has 4 nitrogen and oxygen atoms in total. The standard InChI is InChI=1S/C16H25NO3/c1-9(2)12-7-13(11(5)6-15(12)19)17-16(20)8-14(18)10(3)4/h6-7,9-10,14,18-19H,8H2,1-5H3,(H,17,20). The molecule has 1 aromatic rings. The first-order valence-electron chi connectivity index (χ1n) is 7.03. The number of aliphatic hydroxyl groups is 1. The molecule has 0 fully saturated rings. The van der Waals surface area contributed by atoms with Gasteiger partial charge in [0, 0.05) is 5.69 Å². The minimum atomic E-state index is -0.642. The third-order valence-electron chi connectivity index (χ3n) is 3.43. The van der Waals surface area contributed by atoms with E-state index >= 15 is 0 Å². The number of hydrogen-bond donors (Lipinski definition) is 3. The summed E-state index contributed by atoms with van der Waals surface area (Å²) in [7, 11) is 0. The lowest BCUT2D eigenvalue weighted by molar-refractivity contribution is -0.118. The van der Waals surface area contributed by atoms with Gasteiger partial charge in [0.25, 0.3) is 0 Å². The molecule has 3 N–H and O–H groups in total. The van der Waals surface area contributed by atoms with Crippen LogP contribution < -0.4 is 5.32 Å². The monoisotopic (exact) mass is 279 g/mol. The molecule has 0 aromatic heterocycles. The van der Waals surface area contributed by atoms with Gasteiger partial charge in [-0.25, -0.2) is 0 Å². The highest BCUT2D eigenvalue weighted by Gasteiger charge is 2.16. The molecule has 0 heterocycles. The molecule has 0 aliphatic carbocycles. The first-order chi connectivity index (χ1) is 9.22. The topological polar surface area (TPSA) is 69.6 Å². The number of hydrogen-bond acceptors (Lipinski definition) is 3. The minimum Gasteiger partial charge on any atom is -0.508 e. The lowest BCUT2D eigenvalue weighted by Gasteiger charge is -2.17. The number of aliphatic hydroxyl groups excluding tert-OH is 1. The SMILES string of the molecule is Cc1cc(O)c(C(C)C)cc1NC(=O)CC(O)C(C)C. The van der Waals surface area contributed by atoms with Crippen LogP contribution in [-0.4, -0.2) is 22.2 Å². The van der Waals surface area contributed by atoms with E-state index < -0.39 is 6.10 Å². The van der Waals surface area contributed by atoms with Gasteiger partial charge in [0.05, 0.1) is 12.5 Å². The van der Waals surface area contributed by atoms with Crippen LogP contribution in [-0.2, 0) is 4.79 Å². The molecule has 0 aliphatic heterocycles. The molecule has 1 rings (SSSR count). The van der Waals surface area contributed by atoms with E-state index in [1.54, 1.807) is 12.1 Å². The van der Waals surface area contributed by atoms with Crippen molar-refractivity contribution in [2.45, 2.75) is 53.1 Å². The van der Waals surface area contributed by atoms with Crippen LogP contribution in [0.4, 0.5) is 5.69 Å². The molecule has 1 unspecified atom stereocenters. The van der Waals surface area contributed by atoms with Crippen LogP contribution in [0.1, 0.15) is 51.2 Å². The highest BCUT2D eigenvalue weighted by atomic mass is 16.3. The average Bonchev–Trinajstić information content (AvgIpc) is 2.31. The van der Waals surface area contributed by atoms with E-state index in [1.165, 1.54) is 0 Å². The normalized spacial score (nSPS) is 12.8. The van der Waals surface area contributed by atoms with Crippen LogP contribution in [0.2, 0.25) is 0 Å². The van der Waals surface area contributed by atoms with Crippen LogP contribution in [0.5, 0.6) is 5.75 Å². The van der Waals surface area contributed by atoms with E-state index in [2.05, 4.69) is 5.32 Å². The molecule has 0 bridgehead atoms. The van der Waals surface area contributed by atoms with Crippen molar-refractivity contribution in [3.63, 3.8) is 0 Å². The summed E-state index contributed by atoms with van der Waals surface area (Å²) in [5, 5.41) is 22.4. The number of carbonyl (C=O) groups is 1. The summed E-state index contributed by atoms with van der Waals surface area (Å²) < 4.78 is 0. The zero-order chi connectivity index (χ0) is 15.4. The highest BCUT2D eigenvalue weighted by molar-refractivity contribution is 5.92. The van der Waals surface area contributed by atoms with Gasteiger partial charge in [0.2, 0.25) is 5.91 Å². The average molecular weight is 279 g/mol. The van der Waals surface area contributed by atoms with Gasteiger partial charge in [-0.2, -0.15) is 0 Å². The smallest absolute Gasteiger partial charge is 0.226 e. The van der Waals surface area contributed by atoms with Gasteiger partial charge < -0.3 is 15.5 Å². The first-order valence-corrected chi connectivity index (χ1v) is 7.03. The number of rotatable bonds is 5. The minimum absolute atomic E-state index is 0.0490. The number of carbonyl (C=O) groups excluding carboxylic acids is 1. The van der Waals surface area contributed by atoms with Gasteiger partial charge in [-0.3, -0.25) is 4.79 Å². The summed E-state index contributed by atoms with van der Waals surface area (Å²) in [5.41, 5.74) is 2.29. The molecule has 20 heavy (non-hydrogen) atoms. The Kier molecular flexibility index (Phi) is 5.57. The Balaban J connectivity index is 2.87. The van der Waals surface area contributed by atoms with E-state index in [-0.39, 0.29) is 29.9 Å². The predicted octanol–water partition coefficient (Wildman–Crippen LogP) is 3.17. The fourth-order valence-electron chi connectivity index (χ4n) is 1.93. The van der Waals surface area contributed by atoms with Crippen molar-refractivity contribution in [3.8, 4) is 5.75 Å². The Hall–Kier alpha value is -1.55. The maximum Gasteiger partial charge on any atom is 0.226 e. The third kappa shape index (κ3) is 4.23. The van der Waals surface area contributed by atoms with E-state index in [0.717, 1.165) is 11.1 Å². The zero-order valence-electron chi connectivity index (χ0n) is 12.9. The van der Waals surface area contributed by atoms with Crippen molar-refractivity contribution in [2.75, 3.05) is 5.32 Å². The molecule has 0 saturated heterocycles. The molecule has 4 heteroatoms. The highest BCUT2D eigenvalue weighted by Crippen LogP contribution is 2.31. The number of amides is 1. The van der Waals surface area contributed by atoms with Gasteiger partial charge >= 0.3 is 0 Å². The Bertz CT molecular complexity index is 481. The summed E-state index contributed by atoms with van der Waals surface area (Å²) in [5.74, 6) is 0.257. The largest absolute Gasteiger partial charge is 0.508 e. The molecule has 0 radical (unpaired) electrons. The fraction of sp³-hybridized carbons (Fsp3) is 0.562. The fourth-order valence-corrected chi connectivity index (χ4v) is 1.93. The molecule has 0 aliphatic rings. The van der Waals surface area contributed by atoms with E-state index in [4.69, 9.17) is 0 Å². The van der Waals surface area contributed by atoms with Gasteiger partial charge in [-0.15, -0.1) is 0 Å². The second-order valence-corrected chi connectivity index (χ2v) is 5.94. The summed E-state index contributed by atoms with van der Waals surface area (Å²) in [6.45, 7) is 9.55. The Morgan fingerprint density at radius 1 is 1.25 bits per heavy atom. The van der Waals surface area contributed by atoms with Crippen molar-refractivity contribution in [3.05, 3.63) is 23.3 Å². The van der Waals surface area contributed by atoms with Crippen molar-refractivity contribution in [1.82, 2.24) is 0 Å². The van der Waals surface area contributed by atoms with Crippen LogP contribution in [0.3, 0.4) is 0 Å². The summed E-state index contributed by atoms with van der Waals surface area (Å²) in [6, 6.07) is 3.46. The van der Waals surface area contributed by atoms with Crippen molar-refractivity contribution < 1.29 is 15.0 Å². The van der Waals surface area contributed by atoms with Gasteiger partial charge in [-0.1, -0.05) is 27.7 Å². The van der Waals surface area contributed by atoms with Crippen LogP contribution >= 0.6 is 0 Å². The summed E-state index contributed by atoms with van der Waals surface area (Å²) >= 11 is 0. The number of anilines is 1. The van der Waals surface area contributed by atoms with E-state index in [9.17, 15) is 15.0 Å². The Morgan fingerprint density at radius 2 is 1.85 bits per heavy atom. The molecular formula is C16H25NO3.